The molecule has 0 saturated heterocycles. The molecule has 0 aromatic heterocycles. The fraction of sp³-hybridized carbons (Fsp3) is 0.400. The van der Waals surface area contributed by atoms with Gasteiger partial charge in [-0.15, -0.1) is 0 Å². The number of ether oxygens (including phenoxy) is 1. The average molecular weight is 260 g/mol. The average Bonchev–Trinajstić information content (AvgIpc) is 2.19. The van der Waals surface area contributed by atoms with E-state index >= 15 is 0 Å². The standard InChI is InChI=1S/C10H14BrNO2/c1-14-10-3-2-9(11)6-8(10)7-12-4-5-13/h2-3,6,12-13H,4-5,7H2,1H3. The molecule has 0 fully saturated rings. The summed E-state index contributed by atoms with van der Waals surface area (Å²) >= 11 is 3.40. The second kappa shape index (κ2) is 6.01. The molecule has 0 atom stereocenters. The van der Waals surface area contributed by atoms with Crippen molar-refractivity contribution in [2.75, 3.05) is 20.3 Å². The van der Waals surface area contributed by atoms with Gasteiger partial charge in [-0.3, -0.25) is 0 Å². The smallest absolute Gasteiger partial charge is 0.123 e. The molecule has 0 heterocycles. The number of aliphatic hydroxyl groups excluding tert-OH is 1. The van der Waals surface area contributed by atoms with Crippen LogP contribution in [-0.4, -0.2) is 25.4 Å². The summed E-state index contributed by atoms with van der Waals surface area (Å²) in [5.41, 5.74) is 1.08. The predicted molar refractivity (Wildman–Crippen MR) is 59.5 cm³/mol. The number of rotatable bonds is 5. The van der Waals surface area contributed by atoms with Crippen LogP contribution in [0.15, 0.2) is 22.7 Å². The van der Waals surface area contributed by atoms with Crippen molar-refractivity contribution in [2.45, 2.75) is 6.54 Å². The Bertz CT molecular complexity index is 291. The largest absolute Gasteiger partial charge is 0.496 e. The molecule has 1 aromatic rings. The molecule has 0 bridgehead atoms. The van der Waals surface area contributed by atoms with Gasteiger partial charge < -0.3 is 15.2 Å². The molecule has 78 valence electrons. The van der Waals surface area contributed by atoms with Crippen molar-refractivity contribution in [1.29, 1.82) is 0 Å². The van der Waals surface area contributed by atoms with Gasteiger partial charge in [-0.25, -0.2) is 0 Å². The number of benzene rings is 1. The van der Waals surface area contributed by atoms with E-state index in [1.807, 2.05) is 18.2 Å². The highest BCUT2D eigenvalue weighted by molar-refractivity contribution is 9.10. The zero-order chi connectivity index (χ0) is 10.4. The monoisotopic (exact) mass is 259 g/mol. The topological polar surface area (TPSA) is 41.5 Å². The van der Waals surface area contributed by atoms with E-state index in [1.54, 1.807) is 7.11 Å². The van der Waals surface area contributed by atoms with Crippen LogP contribution in [0, 0.1) is 0 Å². The first-order valence-electron chi connectivity index (χ1n) is 4.42. The Hall–Kier alpha value is -0.580. The van der Waals surface area contributed by atoms with E-state index < -0.39 is 0 Å². The lowest BCUT2D eigenvalue weighted by atomic mass is 10.2. The molecule has 0 aliphatic rings. The predicted octanol–water partition coefficient (Wildman–Crippen LogP) is 1.54. The van der Waals surface area contributed by atoms with Gasteiger partial charge in [0.2, 0.25) is 0 Å². The summed E-state index contributed by atoms with van der Waals surface area (Å²) in [6.45, 7) is 1.44. The zero-order valence-electron chi connectivity index (χ0n) is 8.09. The number of methoxy groups -OCH3 is 1. The van der Waals surface area contributed by atoms with Crippen molar-refractivity contribution < 1.29 is 9.84 Å². The molecule has 0 unspecified atom stereocenters. The minimum Gasteiger partial charge on any atom is -0.496 e. The molecule has 3 nitrogen and oxygen atoms in total. The molecular weight excluding hydrogens is 246 g/mol. The number of hydrogen-bond acceptors (Lipinski definition) is 3. The van der Waals surface area contributed by atoms with Gasteiger partial charge in [0.15, 0.2) is 0 Å². The molecule has 4 heteroatoms. The minimum absolute atomic E-state index is 0.149. The van der Waals surface area contributed by atoms with E-state index in [4.69, 9.17) is 9.84 Å². The van der Waals surface area contributed by atoms with Crippen molar-refractivity contribution in [3.8, 4) is 5.75 Å². The molecule has 1 aromatic carbocycles. The summed E-state index contributed by atoms with van der Waals surface area (Å²) < 4.78 is 6.23. The number of halogens is 1. The normalized spacial score (nSPS) is 10.2. The van der Waals surface area contributed by atoms with Crippen LogP contribution in [0.3, 0.4) is 0 Å². The van der Waals surface area contributed by atoms with E-state index in [0.717, 1.165) is 15.8 Å². The summed E-state index contributed by atoms with van der Waals surface area (Å²) in [5.74, 6) is 0.860. The third-order valence-corrected chi connectivity index (χ3v) is 2.34. The molecule has 0 amide bonds. The summed E-state index contributed by atoms with van der Waals surface area (Å²) in [6, 6.07) is 5.86. The molecule has 1 rings (SSSR count). The van der Waals surface area contributed by atoms with E-state index in [9.17, 15) is 0 Å². The van der Waals surface area contributed by atoms with Crippen molar-refractivity contribution >= 4 is 15.9 Å². The summed E-state index contributed by atoms with van der Waals surface area (Å²) in [5, 5.41) is 11.7. The maximum Gasteiger partial charge on any atom is 0.123 e. The third kappa shape index (κ3) is 3.29. The minimum atomic E-state index is 0.149. The van der Waals surface area contributed by atoms with Crippen LogP contribution in [0.4, 0.5) is 0 Å². The number of hydrogen-bond donors (Lipinski definition) is 2. The van der Waals surface area contributed by atoms with Crippen LogP contribution in [-0.2, 0) is 6.54 Å². The Balaban J connectivity index is 2.67. The maximum atomic E-state index is 8.62. The van der Waals surface area contributed by atoms with Gasteiger partial charge in [0.25, 0.3) is 0 Å². The van der Waals surface area contributed by atoms with E-state index in [0.29, 0.717) is 13.1 Å². The fourth-order valence-electron chi connectivity index (χ4n) is 1.19. The first-order chi connectivity index (χ1) is 6.77. The van der Waals surface area contributed by atoms with Gasteiger partial charge in [0, 0.05) is 23.1 Å². The number of nitrogens with one attached hydrogen (secondary N) is 1. The Morgan fingerprint density at radius 1 is 1.50 bits per heavy atom. The molecule has 14 heavy (non-hydrogen) atoms. The SMILES string of the molecule is COc1ccc(Br)cc1CNCCO. The van der Waals surface area contributed by atoms with E-state index in [1.165, 1.54) is 0 Å². The maximum absolute atomic E-state index is 8.62. The summed E-state index contributed by atoms with van der Waals surface area (Å²) in [4.78, 5) is 0. The van der Waals surface area contributed by atoms with Gasteiger partial charge >= 0.3 is 0 Å². The molecule has 0 saturated carbocycles. The van der Waals surface area contributed by atoms with Crippen molar-refractivity contribution in [3.63, 3.8) is 0 Å². The Kier molecular flexibility index (Phi) is 4.93. The Morgan fingerprint density at radius 2 is 2.29 bits per heavy atom. The van der Waals surface area contributed by atoms with Gasteiger partial charge in [0.1, 0.15) is 5.75 Å². The zero-order valence-corrected chi connectivity index (χ0v) is 9.67. The lowest BCUT2D eigenvalue weighted by molar-refractivity contribution is 0.291. The Labute approximate surface area is 92.2 Å². The van der Waals surface area contributed by atoms with Crippen LogP contribution in [0.5, 0.6) is 5.75 Å². The van der Waals surface area contributed by atoms with E-state index in [-0.39, 0.29) is 6.61 Å². The van der Waals surface area contributed by atoms with Crippen LogP contribution in [0.25, 0.3) is 0 Å². The molecule has 0 aliphatic carbocycles. The molecule has 0 radical (unpaired) electrons. The molecular formula is C10H14BrNO2. The van der Waals surface area contributed by atoms with Crippen LogP contribution >= 0.6 is 15.9 Å². The van der Waals surface area contributed by atoms with Gasteiger partial charge in [-0.05, 0) is 18.2 Å². The highest BCUT2D eigenvalue weighted by Gasteiger charge is 2.02. The fourth-order valence-corrected chi connectivity index (χ4v) is 1.60. The highest BCUT2D eigenvalue weighted by atomic mass is 79.9. The quantitative estimate of drug-likeness (QED) is 0.789. The first-order valence-corrected chi connectivity index (χ1v) is 5.21. The van der Waals surface area contributed by atoms with Gasteiger partial charge in [-0.2, -0.15) is 0 Å². The van der Waals surface area contributed by atoms with E-state index in [2.05, 4.69) is 21.2 Å². The highest BCUT2D eigenvalue weighted by Crippen LogP contribution is 2.22. The molecule has 0 aliphatic heterocycles. The lowest BCUT2D eigenvalue weighted by Crippen LogP contribution is -2.17. The summed E-state index contributed by atoms with van der Waals surface area (Å²) in [6.07, 6.45) is 0. The summed E-state index contributed by atoms with van der Waals surface area (Å²) in [7, 11) is 1.65. The van der Waals surface area contributed by atoms with Crippen molar-refractivity contribution in [3.05, 3.63) is 28.2 Å². The van der Waals surface area contributed by atoms with Crippen molar-refractivity contribution in [2.24, 2.45) is 0 Å². The number of aliphatic hydroxyl groups is 1. The van der Waals surface area contributed by atoms with Gasteiger partial charge in [0.05, 0.1) is 13.7 Å². The van der Waals surface area contributed by atoms with Crippen LogP contribution in [0.1, 0.15) is 5.56 Å². The van der Waals surface area contributed by atoms with Crippen LogP contribution < -0.4 is 10.1 Å². The third-order valence-electron chi connectivity index (χ3n) is 1.85. The Morgan fingerprint density at radius 3 is 2.93 bits per heavy atom. The van der Waals surface area contributed by atoms with Crippen LogP contribution in [0.2, 0.25) is 0 Å². The second-order valence-corrected chi connectivity index (χ2v) is 3.77. The first kappa shape index (κ1) is 11.5. The lowest BCUT2D eigenvalue weighted by Gasteiger charge is -2.09. The van der Waals surface area contributed by atoms with Gasteiger partial charge in [-0.1, -0.05) is 15.9 Å². The van der Waals surface area contributed by atoms with Crippen molar-refractivity contribution in [1.82, 2.24) is 5.32 Å². The molecule has 2 N–H and O–H groups in total. The molecule has 0 spiro atoms. The second-order valence-electron chi connectivity index (χ2n) is 2.86.